The molecule has 2 aromatic rings. The molecule has 142 valence electrons. The van der Waals surface area contributed by atoms with E-state index >= 15 is 0 Å². The highest BCUT2D eigenvalue weighted by molar-refractivity contribution is 5.62. The van der Waals surface area contributed by atoms with Crippen molar-refractivity contribution in [1.29, 1.82) is 0 Å². The Balaban J connectivity index is 2.44. The number of aromatic amines is 1. The van der Waals surface area contributed by atoms with Crippen molar-refractivity contribution in [2.45, 2.75) is 46.7 Å². The molecule has 0 spiro atoms. The van der Waals surface area contributed by atoms with Gasteiger partial charge in [0.05, 0.1) is 6.61 Å². The van der Waals surface area contributed by atoms with Crippen LogP contribution in [0.2, 0.25) is 0 Å². The molecule has 2 rings (SSSR count). The second-order valence-electron chi connectivity index (χ2n) is 6.05. The zero-order chi connectivity index (χ0) is 19.1. The maximum atomic E-state index is 12.5. The van der Waals surface area contributed by atoms with Gasteiger partial charge in [-0.05, 0) is 26.3 Å². The molecule has 0 aliphatic heterocycles. The van der Waals surface area contributed by atoms with Gasteiger partial charge in [-0.3, -0.25) is 14.3 Å². The number of anilines is 2. The molecule has 0 saturated carbocycles. The molecule has 0 fully saturated rings. The number of unbranched alkanes of at least 4 members (excludes halogenated alkanes) is 1. The molecule has 0 bridgehead atoms. The fourth-order valence-corrected chi connectivity index (χ4v) is 2.91. The quantitative estimate of drug-likeness (QED) is 0.716. The van der Waals surface area contributed by atoms with E-state index < -0.39 is 11.2 Å². The average Bonchev–Trinajstić information content (AvgIpc) is 2.62. The van der Waals surface area contributed by atoms with Crippen LogP contribution < -0.4 is 26.6 Å². The highest BCUT2D eigenvalue weighted by Gasteiger charge is 2.19. The van der Waals surface area contributed by atoms with E-state index in [-0.39, 0.29) is 5.82 Å². The minimum atomic E-state index is -0.463. The second kappa shape index (κ2) is 9.12. The van der Waals surface area contributed by atoms with Crippen LogP contribution in [0.1, 0.15) is 39.2 Å². The number of H-pyrrole nitrogens is 1. The minimum absolute atomic E-state index is 0.211. The normalized spacial score (nSPS) is 10.7. The predicted molar refractivity (Wildman–Crippen MR) is 105 cm³/mol. The average molecular weight is 360 g/mol. The van der Waals surface area contributed by atoms with Crippen molar-refractivity contribution in [1.82, 2.24) is 9.55 Å². The zero-order valence-corrected chi connectivity index (χ0v) is 15.7. The van der Waals surface area contributed by atoms with Crippen LogP contribution in [0.4, 0.5) is 11.5 Å². The Hall–Kier alpha value is -2.70. The summed E-state index contributed by atoms with van der Waals surface area (Å²) < 4.78 is 7.12. The summed E-state index contributed by atoms with van der Waals surface area (Å²) in [7, 11) is 0. The van der Waals surface area contributed by atoms with Gasteiger partial charge in [-0.2, -0.15) is 0 Å². The summed E-state index contributed by atoms with van der Waals surface area (Å²) >= 11 is 0. The monoisotopic (exact) mass is 360 g/mol. The van der Waals surface area contributed by atoms with Gasteiger partial charge in [0.1, 0.15) is 17.3 Å². The lowest BCUT2D eigenvalue weighted by Gasteiger charge is -2.25. The number of nitrogens with one attached hydrogen (secondary N) is 1. The first-order valence-corrected chi connectivity index (χ1v) is 9.11. The van der Waals surface area contributed by atoms with Crippen LogP contribution in [0, 0.1) is 0 Å². The SMILES string of the molecule is CCCCn1c(N)c(N(CC)Cc2ccccc2OCC)c(=O)[nH]c1=O. The third-order valence-corrected chi connectivity index (χ3v) is 4.28. The van der Waals surface area contributed by atoms with E-state index in [1.807, 2.05) is 49.9 Å². The Bertz CT molecular complexity index is 841. The van der Waals surface area contributed by atoms with Crippen molar-refractivity contribution in [3.8, 4) is 5.75 Å². The van der Waals surface area contributed by atoms with Crippen LogP contribution in [0.3, 0.4) is 0 Å². The van der Waals surface area contributed by atoms with Crippen LogP contribution in [0.25, 0.3) is 0 Å². The standard InChI is InChI=1S/C19H28N4O3/c1-4-7-12-23-17(20)16(18(24)21-19(23)25)22(5-2)13-14-10-8-9-11-15(14)26-6-3/h8-11H,4-7,12-13,20H2,1-3H3,(H,21,24,25). The number of benzene rings is 1. The first-order valence-electron chi connectivity index (χ1n) is 9.11. The number of nitrogens with zero attached hydrogens (tertiary/aromatic N) is 2. The molecule has 0 atom stereocenters. The molecule has 7 nitrogen and oxygen atoms in total. The zero-order valence-electron chi connectivity index (χ0n) is 15.7. The summed E-state index contributed by atoms with van der Waals surface area (Å²) in [6.07, 6.45) is 1.74. The maximum Gasteiger partial charge on any atom is 0.330 e. The molecule has 1 aromatic heterocycles. The van der Waals surface area contributed by atoms with Crippen molar-refractivity contribution >= 4 is 11.5 Å². The highest BCUT2D eigenvalue weighted by Crippen LogP contribution is 2.24. The molecule has 7 heteroatoms. The molecule has 26 heavy (non-hydrogen) atoms. The fourth-order valence-electron chi connectivity index (χ4n) is 2.91. The lowest BCUT2D eigenvalue weighted by Crippen LogP contribution is -2.38. The van der Waals surface area contributed by atoms with Gasteiger partial charge >= 0.3 is 5.69 Å². The van der Waals surface area contributed by atoms with Crippen LogP contribution in [0.5, 0.6) is 5.75 Å². The molecule has 0 unspecified atom stereocenters. The van der Waals surface area contributed by atoms with Crippen LogP contribution >= 0.6 is 0 Å². The summed E-state index contributed by atoms with van der Waals surface area (Å²) in [6, 6.07) is 7.71. The Labute approximate surface area is 153 Å². The number of rotatable bonds is 9. The molecular weight excluding hydrogens is 332 g/mol. The Morgan fingerprint density at radius 2 is 1.92 bits per heavy atom. The van der Waals surface area contributed by atoms with Crippen molar-refractivity contribution < 1.29 is 4.74 Å². The Kier molecular flexibility index (Phi) is 6.89. The number of hydrogen-bond donors (Lipinski definition) is 2. The number of aromatic nitrogens is 2. The number of ether oxygens (including phenoxy) is 1. The topological polar surface area (TPSA) is 93.3 Å². The van der Waals surface area contributed by atoms with Gasteiger partial charge in [0.25, 0.3) is 5.56 Å². The van der Waals surface area contributed by atoms with Crippen molar-refractivity contribution in [2.75, 3.05) is 23.8 Å². The first kappa shape index (κ1) is 19.6. The smallest absolute Gasteiger partial charge is 0.330 e. The largest absolute Gasteiger partial charge is 0.494 e. The van der Waals surface area contributed by atoms with Gasteiger partial charge in [-0.15, -0.1) is 0 Å². The molecule has 0 aliphatic rings. The van der Waals surface area contributed by atoms with Crippen molar-refractivity contribution in [3.63, 3.8) is 0 Å². The van der Waals surface area contributed by atoms with E-state index in [1.165, 1.54) is 4.57 Å². The van der Waals surface area contributed by atoms with E-state index in [4.69, 9.17) is 10.5 Å². The van der Waals surface area contributed by atoms with E-state index in [9.17, 15) is 9.59 Å². The molecule has 0 amide bonds. The molecule has 0 radical (unpaired) electrons. The van der Waals surface area contributed by atoms with Crippen LogP contribution in [-0.2, 0) is 13.1 Å². The molecular formula is C19H28N4O3. The molecule has 1 heterocycles. The summed E-state index contributed by atoms with van der Waals surface area (Å²) in [5.41, 5.74) is 6.59. The number of hydrogen-bond acceptors (Lipinski definition) is 5. The number of nitrogens with two attached hydrogens (primary N) is 1. The molecule has 0 saturated heterocycles. The second-order valence-corrected chi connectivity index (χ2v) is 6.05. The van der Waals surface area contributed by atoms with E-state index in [0.29, 0.717) is 31.9 Å². The van der Waals surface area contributed by atoms with E-state index in [0.717, 1.165) is 24.2 Å². The van der Waals surface area contributed by atoms with Gasteiger partial charge in [0.2, 0.25) is 0 Å². The first-order chi connectivity index (χ1) is 12.5. The van der Waals surface area contributed by atoms with Gasteiger partial charge in [-0.25, -0.2) is 4.79 Å². The van der Waals surface area contributed by atoms with Gasteiger partial charge in [0.15, 0.2) is 0 Å². The van der Waals surface area contributed by atoms with E-state index in [1.54, 1.807) is 0 Å². The molecule has 0 aliphatic carbocycles. The molecule has 1 aromatic carbocycles. The summed E-state index contributed by atoms with van der Waals surface area (Å²) in [6.45, 7) is 8.00. The lowest BCUT2D eigenvalue weighted by atomic mass is 10.1. The number of para-hydroxylation sites is 1. The third kappa shape index (κ3) is 4.28. The van der Waals surface area contributed by atoms with E-state index in [2.05, 4.69) is 4.98 Å². The summed E-state index contributed by atoms with van der Waals surface area (Å²) in [5.74, 6) is 0.991. The van der Waals surface area contributed by atoms with Gasteiger partial charge in [0, 0.05) is 25.2 Å². The van der Waals surface area contributed by atoms with Crippen LogP contribution in [0.15, 0.2) is 33.9 Å². The predicted octanol–water partition coefficient (Wildman–Crippen LogP) is 2.34. The third-order valence-electron chi connectivity index (χ3n) is 4.28. The maximum absolute atomic E-state index is 12.5. The minimum Gasteiger partial charge on any atom is -0.494 e. The highest BCUT2D eigenvalue weighted by atomic mass is 16.5. The van der Waals surface area contributed by atoms with Crippen molar-refractivity contribution in [2.24, 2.45) is 0 Å². The van der Waals surface area contributed by atoms with Gasteiger partial charge < -0.3 is 15.4 Å². The Morgan fingerprint density at radius 1 is 1.19 bits per heavy atom. The summed E-state index contributed by atoms with van der Waals surface area (Å²) in [5, 5.41) is 0. The lowest BCUT2D eigenvalue weighted by molar-refractivity contribution is 0.336. The Morgan fingerprint density at radius 3 is 2.58 bits per heavy atom. The fraction of sp³-hybridized carbons (Fsp3) is 0.474. The van der Waals surface area contributed by atoms with Gasteiger partial charge in [-0.1, -0.05) is 31.5 Å². The summed E-state index contributed by atoms with van der Waals surface area (Å²) in [4.78, 5) is 28.8. The molecule has 3 N–H and O–H groups in total. The van der Waals surface area contributed by atoms with Crippen molar-refractivity contribution in [3.05, 3.63) is 50.7 Å². The number of nitrogen functional groups attached to an aromatic ring is 1. The van der Waals surface area contributed by atoms with Crippen LogP contribution in [-0.4, -0.2) is 22.7 Å².